The molecule has 0 aromatic carbocycles. The Morgan fingerprint density at radius 3 is 2.48 bits per heavy atom. The summed E-state index contributed by atoms with van der Waals surface area (Å²) < 4.78 is 38.7. The predicted octanol–water partition coefficient (Wildman–Crippen LogP) is 4.48. The van der Waals surface area contributed by atoms with Crippen molar-refractivity contribution in [2.24, 2.45) is 0 Å². The van der Waals surface area contributed by atoms with Crippen LogP contribution in [0, 0.1) is 23.0 Å². The van der Waals surface area contributed by atoms with Crippen LogP contribution in [0.4, 0.5) is 30.9 Å². The third kappa shape index (κ3) is 7.17. The number of nitrogens with one attached hydrogen (secondary N) is 3. The van der Waals surface area contributed by atoms with E-state index >= 15 is 0 Å². The van der Waals surface area contributed by atoms with Gasteiger partial charge in [0.25, 0.3) is 0 Å². The Kier molecular flexibility index (Phi) is 8.34. The number of hydrogen-bond donors (Lipinski definition) is 3. The summed E-state index contributed by atoms with van der Waals surface area (Å²) in [5, 5.41) is 17.8. The van der Waals surface area contributed by atoms with Crippen LogP contribution < -0.4 is 20.7 Å². The fraction of sp³-hybridized carbons (Fsp3) is 0.455. The highest BCUT2D eigenvalue weighted by molar-refractivity contribution is 5.68. The fourth-order valence-electron chi connectivity index (χ4n) is 2.90. The lowest BCUT2D eigenvalue weighted by atomic mass is 10.1. The molecule has 0 fully saturated rings. The second kappa shape index (κ2) is 10.8. The van der Waals surface area contributed by atoms with Gasteiger partial charge in [-0.2, -0.15) is 5.26 Å². The average Bonchev–Trinajstić information content (AvgIpc) is 2.72. The van der Waals surface area contributed by atoms with Gasteiger partial charge in [-0.25, -0.2) is 23.5 Å². The fourth-order valence-corrected chi connectivity index (χ4v) is 2.90. The van der Waals surface area contributed by atoms with E-state index in [0.29, 0.717) is 6.42 Å². The number of nitrogens with zero attached hydrogens (tertiary/aromatic N) is 3. The molecule has 0 aliphatic rings. The summed E-state index contributed by atoms with van der Waals surface area (Å²) in [4.78, 5) is 20.1. The first-order valence-electron chi connectivity index (χ1n) is 10.3. The molecule has 2 heterocycles. The Bertz CT molecular complexity index is 1040. The molecule has 0 saturated heterocycles. The van der Waals surface area contributed by atoms with Crippen molar-refractivity contribution in [3.05, 3.63) is 35.5 Å². The van der Waals surface area contributed by atoms with Crippen molar-refractivity contribution in [2.75, 3.05) is 17.7 Å². The van der Waals surface area contributed by atoms with E-state index < -0.39 is 35.4 Å². The number of halogens is 2. The number of carbonyl (C=O) groups excluding carboxylic acids is 1. The number of aromatic nitrogens is 2. The van der Waals surface area contributed by atoms with Gasteiger partial charge in [-0.1, -0.05) is 6.92 Å². The molecule has 3 N–H and O–H groups in total. The first-order valence-corrected chi connectivity index (χ1v) is 10.3. The monoisotopic (exact) mass is 462 g/mol. The van der Waals surface area contributed by atoms with Crippen LogP contribution >= 0.6 is 0 Å². The molecule has 2 atom stereocenters. The molecule has 0 saturated carbocycles. The number of carbonyl (C=O) groups is 1. The van der Waals surface area contributed by atoms with Crippen LogP contribution in [0.5, 0.6) is 5.88 Å². The van der Waals surface area contributed by atoms with E-state index in [1.54, 1.807) is 27.7 Å². The molecule has 0 bridgehead atoms. The quantitative estimate of drug-likeness (QED) is 0.525. The van der Waals surface area contributed by atoms with Crippen molar-refractivity contribution >= 4 is 23.4 Å². The van der Waals surface area contributed by atoms with Gasteiger partial charge in [0.1, 0.15) is 11.7 Å². The summed E-state index contributed by atoms with van der Waals surface area (Å²) in [5.41, 5.74) is -0.542. The third-order valence-electron chi connectivity index (χ3n) is 4.47. The number of alkyl carbamates (subject to hydrolysis) is 1. The number of rotatable bonds is 8. The molecule has 0 radical (unpaired) electrons. The normalized spacial score (nSPS) is 12.8. The molecule has 1 amide bonds. The molecule has 2 rings (SSSR count). The Hall–Kier alpha value is -3.68. The first kappa shape index (κ1) is 25.6. The summed E-state index contributed by atoms with van der Waals surface area (Å²) in [6.45, 7) is 8.86. The number of nitriles is 1. The maximum atomic E-state index is 14.7. The van der Waals surface area contributed by atoms with Gasteiger partial charge in [0, 0.05) is 18.2 Å². The van der Waals surface area contributed by atoms with Crippen molar-refractivity contribution < 1.29 is 23.0 Å². The SMILES string of the molecule is CC[C@@H](Nc1nc(Nc2cnc(OC)c(F)c2)c(C#N)cc1F)[C@H](C)NC(=O)OC(C)(C)C. The Morgan fingerprint density at radius 2 is 1.94 bits per heavy atom. The summed E-state index contributed by atoms with van der Waals surface area (Å²) in [7, 11) is 1.29. The Labute approximate surface area is 191 Å². The van der Waals surface area contributed by atoms with Crippen LogP contribution in [0.3, 0.4) is 0 Å². The maximum Gasteiger partial charge on any atom is 0.407 e. The lowest BCUT2D eigenvalue weighted by Crippen LogP contribution is -2.46. The lowest BCUT2D eigenvalue weighted by molar-refractivity contribution is 0.0503. The van der Waals surface area contributed by atoms with Crippen molar-refractivity contribution in [2.45, 2.75) is 58.7 Å². The topological polar surface area (TPSA) is 121 Å². The maximum absolute atomic E-state index is 14.7. The van der Waals surface area contributed by atoms with E-state index in [1.165, 1.54) is 13.3 Å². The van der Waals surface area contributed by atoms with Gasteiger partial charge in [-0.15, -0.1) is 0 Å². The van der Waals surface area contributed by atoms with Crippen LogP contribution in [-0.4, -0.2) is 40.9 Å². The predicted molar refractivity (Wildman–Crippen MR) is 119 cm³/mol. The number of hydrogen-bond acceptors (Lipinski definition) is 8. The molecule has 11 heteroatoms. The highest BCUT2D eigenvalue weighted by Crippen LogP contribution is 2.26. The summed E-state index contributed by atoms with van der Waals surface area (Å²) in [6.07, 6.45) is 1.22. The largest absolute Gasteiger partial charge is 0.479 e. The van der Waals surface area contributed by atoms with Gasteiger partial charge in [0.2, 0.25) is 5.88 Å². The molecule has 2 aromatic rings. The standard InChI is InChI=1S/C22H28F2N6O3/c1-7-17(12(2)27-21(31)33-22(3,4)5)29-19-15(23)8-13(10-25)18(30-19)28-14-9-16(24)20(32-6)26-11-14/h8-9,11-12,17H,7H2,1-6H3,(H,27,31)(H2,28,29,30)/t12-,17+/m0/s1. The van der Waals surface area contributed by atoms with Crippen LogP contribution in [0.2, 0.25) is 0 Å². The summed E-state index contributed by atoms with van der Waals surface area (Å²) in [6, 6.07) is 3.15. The molecule has 178 valence electrons. The Balaban J connectivity index is 2.24. The zero-order chi connectivity index (χ0) is 24.8. The van der Waals surface area contributed by atoms with Crippen molar-refractivity contribution in [1.82, 2.24) is 15.3 Å². The molecule has 0 aliphatic heterocycles. The highest BCUT2D eigenvalue weighted by Gasteiger charge is 2.23. The van der Waals surface area contributed by atoms with Crippen molar-refractivity contribution in [3.8, 4) is 11.9 Å². The van der Waals surface area contributed by atoms with Crippen molar-refractivity contribution in [1.29, 1.82) is 5.26 Å². The van der Waals surface area contributed by atoms with Crippen molar-refractivity contribution in [3.63, 3.8) is 0 Å². The summed E-state index contributed by atoms with van der Waals surface area (Å²) in [5.74, 6) is -1.78. The average molecular weight is 463 g/mol. The molecule has 33 heavy (non-hydrogen) atoms. The second-order valence-corrected chi connectivity index (χ2v) is 8.26. The first-order chi connectivity index (χ1) is 15.5. The molecular weight excluding hydrogens is 434 g/mol. The van der Waals surface area contributed by atoms with E-state index in [9.17, 15) is 18.8 Å². The molecule has 2 aromatic heterocycles. The zero-order valence-electron chi connectivity index (χ0n) is 19.4. The smallest absolute Gasteiger partial charge is 0.407 e. The van der Waals surface area contributed by atoms with Gasteiger partial charge in [-0.3, -0.25) is 0 Å². The van der Waals surface area contributed by atoms with Crippen LogP contribution in [0.1, 0.15) is 46.6 Å². The minimum atomic E-state index is -0.751. The number of methoxy groups -OCH3 is 1. The van der Waals surface area contributed by atoms with E-state index in [1.807, 2.05) is 13.0 Å². The van der Waals surface area contributed by atoms with Gasteiger partial charge in [-0.05, 0) is 40.2 Å². The number of ether oxygens (including phenoxy) is 2. The van der Waals surface area contributed by atoms with Gasteiger partial charge in [0.05, 0.1) is 24.6 Å². The number of anilines is 3. The Morgan fingerprint density at radius 1 is 1.24 bits per heavy atom. The van der Waals surface area contributed by atoms with E-state index in [-0.39, 0.29) is 28.8 Å². The van der Waals surface area contributed by atoms with Crippen LogP contribution in [0.25, 0.3) is 0 Å². The summed E-state index contributed by atoms with van der Waals surface area (Å²) >= 11 is 0. The number of pyridine rings is 2. The van der Waals surface area contributed by atoms with Crippen LogP contribution in [0.15, 0.2) is 18.3 Å². The number of amides is 1. The van der Waals surface area contributed by atoms with Gasteiger partial charge < -0.3 is 25.4 Å². The third-order valence-corrected chi connectivity index (χ3v) is 4.47. The van der Waals surface area contributed by atoms with Gasteiger partial charge in [0.15, 0.2) is 23.3 Å². The minimum absolute atomic E-state index is 0.00961. The second-order valence-electron chi connectivity index (χ2n) is 8.26. The van der Waals surface area contributed by atoms with E-state index in [4.69, 9.17) is 9.47 Å². The molecule has 0 spiro atoms. The van der Waals surface area contributed by atoms with E-state index in [2.05, 4.69) is 25.9 Å². The molecular formula is C22H28F2N6O3. The molecule has 0 unspecified atom stereocenters. The minimum Gasteiger partial charge on any atom is -0.479 e. The van der Waals surface area contributed by atoms with E-state index in [0.717, 1.165) is 12.1 Å². The van der Waals surface area contributed by atoms with Crippen LogP contribution in [-0.2, 0) is 4.74 Å². The molecule has 0 aliphatic carbocycles. The lowest BCUT2D eigenvalue weighted by Gasteiger charge is -2.27. The molecule has 9 nitrogen and oxygen atoms in total. The highest BCUT2D eigenvalue weighted by atomic mass is 19.1. The van der Waals surface area contributed by atoms with Gasteiger partial charge >= 0.3 is 6.09 Å². The zero-order valence-corrected chi connectivity index (χ0v) is 19.4.